The molecule has 0 bridgehead atoms. The number of aromatic nitrogens is 3. The van der Waals surface area contributed by atoms with Crippen LogP contribution in [0.4, 0.5) is 5.82 Å². The van der Waals surface area contributed by atoms with Crippen LogP contribution in [0.2, 0.25) is 0 Å². The third kappa shape index (κ3) is 3.58. The van der Waals surface area contributed by atoms with Crippen LogP contribution in [-0.2, 0) is 17.8 Å². The fraction of sp³-hybridized carbons (Fsp3) is 0.524. The largest absolute Gasteiger partial charge is 0.362 e. The first kappa shape index (κ1) is 18.8. The lowest BCUT2D eigenvalue weighted by Crippen LogP contribution is -2.44. The van der Waals surface area contributed by atoms with Gasteiger partial charge in [-0.3, -0.25) is 14.7 Å². The number of anilines is 1. The molecule has 1 saturated heterocycles. The van der Waals surface area contributed by atoms with Gasteiger partial charge in [0.25, 0.3) is 0 Å². The van der Waals surface area contributed by atoms with Crippen molar-refractivity contribution in [1.29, 1.82) is 0 Å². The summed E-state index contributed by atoms with van der Waals surface area (Å²) in [6.45, 7) is 5.08. The minimum Gasteiger partial charge on any atom is -0.362 e. The maximum atomic E-state index is 13.6. The maximum Gasteiger partial charge on any atom is 0.244 e. The topological polar surface area (TPSA) is 65.5 Å². The van der Waals surface area contributed by atoms with E-state index in [1.165, 1.54) is 5.56 Å². The Hall–Kier alpha value is -2.54. The summed E-state index contributed by atoms with van der Waals surface area (Å²) in [5, 5.41) is 0. The van der Waals surface area contributed by atoms with E-state index in [9.17, 15) is 4.79 Å². The van der Waals surface area contributed by atoms with Crippen molar-refractivity contribution in [3.05, 3.63) is 47.2 Å². The first-order valence-electron chi connectivity index (χ1n) is 10.0. The SMILES string of the molecule is Cc1nc2c(c(N(C)C)n1)CCN(C(=O)[C@H](c1cccnc1)N1CCCC1)C2. The van der Waals surface area contributed by atoms with Crippen molar-refractivity contribution < 1.29 is 4.79 Å². The van der Waals surface area contributed by atoms with Crippen LogP contribution in [0.25, 0.3) is 0 Å². The number of carbonyl (C=O) groups excluding carboxylic acids is 1. The van der Waals surface area contributed by atoms with Gasteiger partial charge in [-0.25, -0.2) is 9.97 Å². The summed E-state index contributed by atoms with van der Waals surface area (Å²) >= 11 is 0. The number of pyridine rings is 1. The highest BCUT2D eigenvalue weighted by Gasteiger charge is 2.35. The number of nitrogens with zero attached hydrogens (tertiary/aromatic N) is 6. The predicted molar refractivity (Wildman–Crippen MR) is 108 cm³/mol. The summed E-state index contributed by atoms with van der Waals surface area (Å²) in [7, 11) is 4.01. The van der Waals surface area contributed by atoms with E-state index in [2.05, 4.69) is 19.9 Å². The van der Waals surface area contributed by atoms with E-state index in [1.54, 1.807) is 6.20 Å². The molecule has 7 heteroatoms. The van der Waals surface area contributed by atoms with Crippen LogP contribution in [0.1, 0.15) is 41.5 Å². The van der Waals surface area contributed by atoms with Gasteiger partial charge in [0.15, 0.2) is 0 Å². The average molecular weight is 380 g/mol. The van der Waals surface area contributed by atoms with Gasteiger partial charge in [-0.15, -0.1) is 0 Å². The van der Waals surface area contributed by atoms with Gasteiger partial charge in [-0.05, 0) is 50.9 Å². The first-order valence-corrected chi connectivity index (χ1v) is 10.0. The van der Waals surface area contributed by atoms with Gasteiger partial charge >= 0.3 is 0 Å². The monoisotopic (exact) mass is 380 g/mol. The normalized spacial score (nSPS) is 18.0. The summed E-state index contributed by atoms with van der Waals surface area (Å²) < 4.78 is 0. The van der Waals surface area contributed by atoms with E-state index < -0.39 is 0 Å². The van der Waals surface area contributed by atoms with E-state index in [0.29, 0.717) is 13.1 Å². The molecule has 0 spiro atoms. The van der Waals surface area contributed by atoms with Gasteiger partial charge in [0.1, 0.15) is 17.7 Å². The van der Waals surface area contributed by atoms with Crippen molar-refractivity contribution in [2.75, 3.05) is 38.6 Å². The highest BCUT2D eigenvalue weighted by molar-refractivity contribution is 5.83. The smallest absolute Gasteiger partial charge is 0.244 e. The minimum absolute atomic E-state index is 0.156. The molecule has 148 valence electrons. The molecule has 2 aromatic heterocycles. The molecule has 4 heterocycles. The third-order valence-electron chi connectivity index (χ3n) is 5.63. The van der Waals surface area contributed by atoms with Crippen molar-refractivity contribution in [2.45, 2.75) is 38.8 Å². The molecule has 2 aromatic rings. The Balaban J connectivity index is 1.63. The Morgan fingerprint density at radius 2 is 1.96 bits per heavy atom. The number of aryl methyl sites for hydroxylation is 1. The maximum absolute atomic E-state index is 13.6. The zero-order chi connectivity index (χ0) is 19.7. The molecule has 7 nitrogen and oxygen atoms in total. The molecule has 28 heavy (non-hydrogen) atoms. The highest BCUT2D eigenvalue weighted by Crippen LogP contribution is 2.30. The zero-order valence-corrected chi connectivity index (χ0v) is 16.9. The van der Waals surface area contributed by atoms with Crippen molar-refractivity contribution >= 4 is 11.7 Å². The quantitative estimate of drug-likeness (QED) is 0.808. The standard InChI is InChI=1S/C21H28N6O/c1-15-23-18-14-27(12-8-17(18)20(24-15)25(2)3)21(28)19(26-10-4-5-11-26)16-7-6-9-22-13-16/h6-7,9,13,19H,4-5,8,10-12,14H2,1-3H3/t19-/m0/s1. The second-order valence-electron chi connectivity index (χ2n) is 7.86. The number of hydrogen-bond acceptors (Lipinski definition) is 6. The van der Waals surface area contributed by atoms with Crippen LogP contribution in [0.3, 0.4) is 0 Å². The molecule has 0 aliphatic carbocycles. The lowest BCUT2D eigenvalue weighted by Gasteiger charge is -2.35. The van der Waals surface area contributed by atoms with Gasteiger partial charge < -0.3 is 9.80 Å². The molecule has 1 atom stereocenters. The predicted octanol–water partition coefficient (Wildman–Crippen LogP) is 1.97. The molecular formula is C21H28N6O. The van der Waals surface area contributed by atoms with Gasteiger partial charge in [-0.2, -0.15) is 0 Å². The van der Waals surface area contributed by atoms with E-state index in [4.69, 9.17) is 0 Å². The van der Waals surface area contributed by atoms with Crippen molar-refractivity contribution in [3.63, 3.8) is 0 Å². The summed E-state index contributed by atoms with van der Waals surface area (Å²) in [6, 6.07) is 3.67. The Bertz CT molecular complexity index is 847. The molecule has 2 aliphatic rings. The van der Waals surface area contributed by atoms with Gasteiger partial charge in [-0.1, -0.05) is 6.07 Å². The van der Waals surface area contributed by atoms with Gasteiger partial charge in [0, 0.05) is 38.6 Å². The van der Waals surface area contributed by atoms with Crippen molar-refractivity contribution in [2.24, 2.45) is 0 Å². The lowest BCUT2D eigenvalue weighted by molar-refractivity contribution is -0.138. The number of carbonyl (C=O) groups is 1. The van der Waals surface area contributed by atoms with E-state index in [0.717, 1.165) is 55.3 Å². The fourth-order valence-electron chi connectivity index (χ4n) is 4.31. The number of likely N-dealkylation sites (tertiary alicyclic amines) is 1. The first-order chi connectivity index (χ1) is 13.5. The van der Waals surface area contributed by atoms with Crippen LogP contribution in [0, 0.1) is 6.92 Å². The number of fused-ring (bicyclic) bond motifs is 1. The van der Waals surface area contributed by atoms with Crippen LogP contribution < -0.4 is 4.90 Å². The Morgan fingerprint density at radius 1 is 1.18 bits per heavy atom. The third-order valence-corrected chi connectivity index (χ3v) is 5.63. The van der Waals surface area contributed by atoms with Crippen LogP contribution >= 0.6 is 0 Å². The zero-order valence-electron chi connectivity index (χ0n) is 16.9. The molecule has 4 rings (SSSR count). The molecule has 1 fully saturated rings. The van der Waals surface area contributed by atoms with Crippen molar-refractivity contribution in [3.8, 4) is 0 Å². The number of rotatable bonds is 4. The van der Waals surface area contributed by atoms with E-state index >= 15 is 0 Å². The summed E-state index contributed by atoms with van der Waals surface area (Å²) in [5.41, 5.74) is 3.12. The second-order valence-corrected chi connectivity index (χ2v) is 7.86. The van der Waals surface area contributed by atoms with Gasteiger partial charge in [0.2, 0.25) is 5.91 Å². The van der Waals surface area contributed by atoms with Crippen LogP contribution in [0.5, 0.6) is 0 Å². The average Bonchev–Trinajstić information content (AvgIpc) is 3.22. The molecule has 0 saturated carbocycles. The molecule has 2 aliphatic heterocycles. The summed E-state index contributed by atoms with van der Waals surface area (Å²) in [4.78, 5) is 33.4. The van der Waals surface area contributed by atoms with Crippen LogP contribution in [0.15, 0.2) is 24.5 Å². The molecule has 0 N–H and O–H groups in total. The summed E-state index contributed by atoms with van der Waals surface area (Å²) in [5.74, 6) is 1.88. The van der Waals surface area contributed by atoms with Crippen molar-refractivity contribution in [1.82, 2.24) is 24.8 Å². The summed E-state index contributed by atoms with van der Waals surface area (Å²) in [6.07, 6.45) is 6.66. The minimum atomic E-state index is -0.256. The second kappa shape index (κ2) is 7.83. The molecule has 1 amide bonds. The number of amides is 1. The fourth-order valence-corrected chi connectivity index (χ4v) is 4.31. The Kier molecular flexibility index (Phi) is 5.26. The highest BCUT2D eigenvalue weighted by atomic mass is 16.2. The Labute approximate surface area is 166 Å². The van der Waals surface area contributed by atoms with Gasteiger partial charge in [0.05, 0.1) is 12.2 Å². The van der Waals surface area contributed by atoms with E-state index in [1.807, 2.05) is 49.1 Å². The molecule has 0 unspecified atom stereocenters. The van der Waals surface area contributed by atoms with Crippen LogP contribution in [-0.4, -0.2) is 64.4 Å². The number of hydrogen-bond donors (Lipinski definition) is 0. The molecule has 0 aromatic carbocycles. The molecular weight excluding hydrogens is 352 g/mol. The Morgan fingerprint density at radius 3 is 2.64 bits per heavy atom. The molecule has 0 radical (unpaired) electrons. The van der Waals surface area contributed by atoms with E-state index in [-0.39, 0.29) is 11.9 Å². The lowest BCUT2D eigenvalue weighted by atomic mass is 10.0.